The van der Waals surface area contributed by atoms with Crippen LogP contribution in [0.15, 0.2) is 48.6 Å². The largest absolute Gasteiger partial charge is 0.462 e. The molecule has 0 amide bonds. The van der Waals surface area contributed by atoms with Gasteiger partial charge in [-0.25, -0.2) is 0 Å². The molecule has 6 nitrogen and oxygen atoms in total. The van der Waals surface area contributed by atoms with Crippen molar-refractivity contribution in [2.24, 2.45) is 0 Å². The smallest absolute Gasteiger partial charge is 0.306 e. The SMILES string of the molecule is CC/C=C\C/C=C\C/C=C\C/C=C\CCCCCCCCCCCCCCCCC(=O)OCC(COC(=O)CCCCCCCCCCCCCCCCCC)OC(=O)CCCCCCCCCCCCCCCCCC. The molecule has 0 saturated heterocycles. The van der Waals surface area contributed by atoms with Gasteiger partial charge in [0.25, 0.3) is 0 Å². The highest BCUT2D eigenvalue weighted by Crippen LogP contribution is 2.18. The Kier molecular flexibility index (Phi) is 63.6. The van der Waals surface area contributed by atoms with Crippen LogP contribution in [0.4, 0.5) is 0 Å². The fourth-order valence-electron chi connectivity index (χ4n) is 10.3. The lowest BCUT2D eigenvalue weighted by Crippen LogP contribution is -2.30. The van der Waals surface area contributed by atoms with Crippen LogP contribution in [0.5, 0.6) is 0 Å². The molecule has 0 aliphatic carbocycles. The first-order valence-corrected chi connectivity index (χ1v) is 34.1. The normalized spacial score (nSPS) is 12.3. The number of hydrogen-bond donors (Lipinski definition) is 0. The maximum absolute atomic E-state index is 12.9. The number of allylic oxidation sites excluding steroid dienone is 8. The minimum atomic E-state index is -0.769. The van der Waals surface area contributed by atoms with Crippen LogP contribution in [0.25, 0.3) is 0 Å². The average molecular weight is 1080 g/mol. The first-order chi connectivity index (χ1) is 38.0. The van der Waals surface area contributed by atoms with Gasteiger partial charge >= 0.3 is 17.9 Å². The van der Waals surface area contributed by atoms with Crippen LogP contribution in [-0.2, 0) is 28.6 Å². The Balaban J connectivity index is 4.24. The molecule has 0 N–H and O–H groups in total. The van der Waals surface area contributed by atoms with Crippen molar-refractivity contribution in [1.29, 1.82) is 0 Å². The first kappa shape index (κ1) is 74.4. The predicted octanol–water partition coefficient (Wildman–Crippen LogP) is 23.3. The Morgan fingerprint density at radius 3 is 0.792 bits per heavy atom. The summed E-state index contributed by atoms with van der Waals surface area (Å²) in [5.41, 5.74) is 0. The number of ether oxygens (including phenoxy) is 3. The summed E-state index contributed by atoms with van der Waals surface area (Å²) in [4.78, 5) is 38.4. The number of esters is 3. The van der Waals surface area contributed by atoms with E-state index in [1.54, 1.807) is 0 Å². The van der Waals surface area contributed by atoms with Crippen LogP contribution >= 0.6 is 0 Å². The summed E-state index contributed by atoms with van der Waals surface area (Å²) in [6, 6.07) is 0. The number of carbonyl (C=O) groups excluding carboxylic acids is 3. The van der Waals surface area contributed by atoms with Gasteiger partial charge in [0.15, 0.2) is 6.10 Å². The minimum Gasteiger partial charge on any atom is -0.462 e. The van der Waals surface area contributed by atoms with Crippen LogP contribution in [0.3, 0.4) is 0 Å². The van der Waals surface area contributed by atoms with Gasteiger partial charge in [0.1, 0.15) is 13.2 Å². The van der Waals surface area contributed by atoms with Gasteiger partial charge in [0, 0.05) is 19.3 Å². The molecule has 0 rings (SSSR count). The van der Waals surface area contributed by atoms with Crippen LogP contribution < -0.4 is 0 Å². The Labute approximate surface area is 479 Å². The second-order valence-electron chi connectivity index (χ2n) is 23.1. The summed E-state index contributed by atoms with van der Waals surface area (Å²) in [5.74, 6) is -0.838. The molecule has 0 aromatic rings. The van der Waals surface area contributed by atoms with E-state index in [0.717, 1.165) is 83.5 Å². The molecule has 6 heteroatoms. The molecule has 450 valence electrons. The van der Waals surface area contributed by atoms with Gasteiger partial charge in [-0.2, -0.15) is 0 Å². The van der Waals surface area contributed by atoms with Crippen LogP contribution in [0.1, 0.15) is 367 Å². The van der Waals surface area contributed by atoms with Crippen molar-refractivity contribution in [2.75, 3.05) is 13.2 Å². The van der Waals surface area contributed by atoms with Gasteiger partial charge in [-0.3, -0.25) is 14.4 Å². The molecule has 0 aromatic heterocycles. The third-order valence-electron chi connectivity index (χ3n) is 15.3. The molecule has 0 aromatic carbocycles. The van der Waals surface area contributed by atoms with Crippen molar-refractivity contribution in [3.05, 3.63) is 48.6 Å². The number of rotatable bonds is 63. The summed E-state index contributed by atoms with van der Waals surface area (Å²) < 4.78 is 17.0. The van der Waals surface area contributed by atoms with E-state index in [1.807, 2.05) is 0 Å². The highest BCUT2D eigenvalue weighted by atomic mass is 16.6. The molecule has 0 aliphatic heterocycles. The summed E-state index contributed by atoms with van der Waals surface area (Å²) in [7, 11) is 0. The van der Waals surface area contributed by atoms with Crippen molar-refractivity contribution in [3.63, 3.8) is 0 Å². The van der Waals surface area contributed by atoms with Crippen LogP contribution in [0, 0.1) is 0 Å². The van der Waals surface area contributed by atoms with Crippen molar-refractivity contribution < 1.29 is 28.6 Å². The van der Waals surface area contributed by atoms with E-state index < -0.39 is 6.10 Å². The van der Waals surface area contributed by atoms with Gasteiger partial charge in [0.2, 0.25) is 0 Å². The van der Waals surface area contributed by atoms with Gasteiger partial charge in [-0.15, -0.1) is 0 Å². The lowest BCUT2D eigenvalue weighted by atomic mass is 10.0. The van der Waals surface area contributed by atoms with Crippen molar-refractivity contribution in [2.45, 2.75) is 374 Å². The monoisotopic (exact) mass is 1080 g/mol. The Morgan fingerprint density at radius 2 is 0.506 bits per heavy atom. The van der Waals surface area contributed by atoms with Crippen LogP contribution in [0.2, 0.25) is 0 Å². The van der Waals surface area contributed by atoms with E-state index in [0.29, 0.717) is 19.3 Å². The molecule has 77 heavy (non-hydrogen) atoms. The van der Waals surface area contributed by atoms with Gasteiger partial charge in [-0.05, 0) is 57.8 Å². The number of unbranched alkanes of at least 4 members (excludes halogenated alkanes) is 44. The summed E-state index contributed by atoms with van der Waals surface area (Å²) >= 11 is 0. The van der Waals surface area contributed by atoms with E-state index in [1.165, 1.54) is 244 Å². The zero-order valence-electron chi connectivity index (χ0n) is 51.7. The molecule has 0 aliphatic rings. The average Bonchev–Trinajstić information content (AvgIpc) is 3.43. The fourth-order valence-corrected chi connectivity index (χ4v) is 10.3. The third kappa shape index (κ3) is 64.1. The van der Waals surface area contributed by atoms with Gasteiger partial charge < -0.3 is 14.2 Å². The number of carbonyl (C=O) groups is 3. The Bertz CT molecular complexity index is 1330. The summed E-state index contributed by atoms with van der Waals surface area (Å²) in [6.07, 6.45) is 82.7. The predicted molar refractivity (Wildman–Crippen MR) is 335 cm³/mol. The Morgan fingerprint density at radius 1 is 0.273 bits per heavy atom. The maximum atomic E-state index is 12.9. The third-order valence-corrected chi connectivity index (χ3v) is 15.3. The molecule has 1 atom stereocenters. The van der Waals surface area contributed by atoms with E-state index in [2.05, 4.69) is 69.4 Å². The zero-order valence-corrected chi connectivity index (χ0v) is 51.7. The highest BCUT2D eigenvalue weighted by molar-refractivity contribution is 5.71. The fraction of sp³-hybridized carbons (Fsp3) is 0.845. The highest BCUT2D eigenvalue weighted by Gasteiger charge is 2.19. The molecule has 1 unspecified atom stereocenters. The quantitative estimate of drug-likeness (QED) is 0.0261. The molecular formula is C71H130O6. The topological polar surface area (TPSA) is 78.9 Å². The van der Waals surface area contributed by atoms with Crippen LogP contribution in [-0.4, -0.2) is 37.2 Å². The second-order valence-corrected chi connectivity index (χ2v) is 23.1. The molecule has 0 bridgehead atoms. The molecule has 0 saturated carbocycles. The van der Waals surface area contributed by atoms with Crippen molar-refractivity contribution >= 4 is 17.9 Å². The molecule has 0 fully saturated rings. The minimum absolute atomic E-state index is 0.0660. The van der Waals surface area contributed by atoms with Crippen molar-refractivity contribution in [3.8, 4) is 0 Å². The van der Waals surface area contributed by atoms with Gasteiger partial charge in [-0.1, -0.05) is 339 Å². The second kappa shape index (κ2) is 65.9. The maximum Gasteiger partial charge on any atom is 0.306 e. The Hall–Kier alpha value is -2.63. The van der Waals surface area contributed by atoms with E-state index >= 15 is 0 Å². The van der Waals surface area contributed by atoms with Gasteiger partial charge in [0.05, 0.1) is 0 Å². The van der Waals surface area contributed by atoms with E-state index in [4.69, 9.17) is 14.2 Å². The molecular weight excluding hydrogens is 949 g/mol. The standard InChI is InChI=1S/C71H130O6/c1-4-7-10-13-16-19-22-25-28-31-32-33-34-35-36-37-38-39-40-41-44-46-49-52-55-58-61-64-70(73)76-67-68(77-71(74)65-62-59-56-53-50-47-43-30-27-24-21-18-15-12-9-6-3)66-75-69(72)63-60-57-54-51-48-45-42-29-26-23-20-17-14-11-8-5-2/h7,10,16,19,25,28,32-33,68H,4-6,8-9,11-15,17-18,20-24,26-27,29-31,34-67H2,1-3H3/b10-7-,19-16-,28-25-,33-32-. The zero-order chi connectivity index (χ0) is 55.7. The molecule has 0 spiro atoms. The molecule has 0 radical (unpaired) electrons. The van der Waals surface area contributed by atoms with E-state index in [9.17, 15) is 14.4 Å². The lowest BCUT2D eigenvalue weighted by Gasteiger charge is -2.18. The summed E-state index contributed by atoms with van der Waals surface area (Å²) in [5, 5.41) is 0. The van der Waals surface area contributed by atoms with Crippen molar-refractivity contribution in [1.82, 2.24) is 0 Å². The van der Waals surface area contributed by atoms with E-state index in [-0.39, 0.29) is 31.1 Å². The molecule has 0 heterocycles. The first-order valence-electron chi connectivity index (χ1n) is 34.1. The number of hydrogen-bond acceptors (Lipinski definition) is 6. The lowest BCUT2D eigenvalue weighted by molar-refractivity contribution is -0.167. The summed E-state index contributed by atoms with van der Waals surface area (Å²) in [6.45, 7) is 6.60.